The van der Waals surface area contributed by atoms with Gasteiger partial charge in [-0.2, -0.15) is 0 Å². The van der Waals surface area contributed by atoms with E-state index in [0.29, 0.717) is 6.42 Å². The van der Waals surface area contributed by atoms with Gasteiger partial charge in [0.25, 0.3) is 15.9 Å². The van der Waals surface area contributed by atoms with Crippen molar-refractivity contribution in [2.75, 3.05) is 6.61 Å². The summed E-state index contributed by atoms with van der Waals surface area (Å²) >= 11 is 1.36. The molecule has 1 aliphatic rings. The molecule has 7 heteroatoms. The van der Waals surface area contributed by atoms with E-state index < -0.39 is 14.8 Å². The van der Waals surface area contributed by atoms with Crippen molar-refractivity contribution in [3.63, 3.8) is 0 Å². The summed E-state index contributed by atoms with van der Waals surface area (Å²) in [7, 11) is -3.54. The van der Waals surface area contributed by atoms with Crippen molar-refractivity contribution in [2.24, 2.45) is 0 Å². The summed E-state index contributed by atoms with van der Waals surface area (Å²) in [5.41, 5.74) is 0.767. The third-order valence-electron chi connectivity index (χ3n) is 3.10. The number of hydrogen-bond donors (Lipinski definition) is 1. The fourth-order valence-electron chi connectivity index (χ4n) is 1.80. The lowest BCUT2D eigenvalue weighted by Gasteiger charge is -2.42. The average Bonchev–Trinajstić information content (AvgIpc) is 2.83. The number of carbonyl (C=O) groups is 1. The Morgan fingerprint density at radius 3 is 2.75 bits per heavy atom. The standard InChI is InChI=1S/C13H15NO4S2/c1-13(2)12(16)14(20(13,17)18)8-11-7-10(9-19-11)5-3-4-6-15/h7,9,15H,4,6,8H2,1-2H3. The number of aliphatic hydroxyl groups excluding tert-OH is 1. The molecule has 0 spiro atoms. The molecule has 2 heterocycles. The molecule has 108 valence electrons. The highest BCUT2D eigenvalue weighted by Gasteiger charge is 2.59. The predicted octanol–water partition coefficient (Wildman–Crippen LogP) is 0.933. The Kier molecular flexibility index (Phi) is 3.91. The van der Waals surface area contributed by atoms with E-state index >= 15 is 0 Å². The number of thiophene rings is 1. The quantitative estimate of drug-likeness (QED) is 0.843. The van der Waals surface area contributed by atoms with Gasteiger partial charge < -0.3 is 5.11 Å². The monoisotopic (exact) mass is 313 g/mol. The van der Waals surface area contributed by atoms with E-state index in [2.05, 4.69) is 11.8 Å². The molecule has 1 N–H and O–H groups in total. The van der Waals surface area contributed by atoms with Gasteiger partial charge in [0.2, 0.25) is 0 Å². The third-order valence-corrected chi connectivity index (χ3v) is 6.36. The van der Waals surface area contributed by atoms with E-state index in [1.807, 2.05) is 5.38 Å². The van der Waals surface area contributed by atoms with Gasteiger partial charge in [0.15, 0.2) is 4.75 Å². The van der Waals surface area contributed by atoms with Crippen LogP contribution in [0, 0.1) is 11.8 Å². The van der Waals surface area contributed by atoms with E-state index in [-0.39, 0.29) is 19.1 Å². The minimum atomic E-state index is -3.54. The Morgan fingerprint density at radius 1 is 1.45 bits per heavy atom. The highest BCUT2D eigenvalue weighted by molar-refractivity contribution is 7.94. The molecule has 0 bridgehead atoms. The summed E-state index contributed by atoms with van der Waals surface area (Å²) in [5, 5.41) is 10.4. The molecule has 5 nitrogen and oxygen atoms in total. The second-order valence-electron chi connectivity index (χ2n) is 4.90. The second kappa shape index (κ2) is 5.20. The molecule has 0 saturated carbocycles. The van der Waals surface area contributed by atoms with Gasteiger partial charge in [-0.05, 0) is 19.9 Å². The van der Waals surface area contributed by atoms with Crippen molar-refractivity contribution in [2.45, 2.75) is 31.6 Å². The summed E-state index contributed by atoms with van der Waals surface area (Å²) in [6, 6.07) is 1.77. The number of sulfonamides is 1. The normalized spacial score (nSPS) is 19.1. The summed E-state index contributed by atoms with van der Waals surface area (Å²) in [6.45, 7) is 2.92. The fraction of sp³-hybridized carbons (Fsp3) is 0.462. The largest absolute Gasteiger partial charge is 0.395 e. The van der Waals surface area contributed by atoms with Crippen LogP contribution in [0.2, 0.25) is 0 Å². The number of amides is 1. The minimum absolute atomic E-state index is 0.0135. The lowest BCUT2D eigenvalue weighted by atomic mass is 10.2. The summed E-state index contributed by atoms with van der Waals surface area (Å²) in [6.07, 6.45) is 0.401. The Balaban J connectivity index is 2.10. The maximum atomic E-state index is 12.0. The molecule has 1 aromatic heterocycles. The van der Waals surface area contributed by atoms with Gasteiger partial charge in [-0.1, -0.05) is 11.8 Å². The molecule has 1 fully saturated rings. The van der Waals surface area contributed by atoms with Crippen LogP contribution in [0.4, 0.5) is 0 Å². The molecular weight excluding hydrogens is 298 g/mol. The maximum Gasteiger partial charge on any atom is 0.259 e. The van der Waals surface area contributed by atoms with Crippen LogP contribution in [-0.4, -0.2) is 35.1 Å². The Morgan fingerprint density at radius 2 is 2.15 bits per heavy atom. The van der Waals surface area contributed by atoms with Gasteiger partial charge in [0.05, 0.1) is 13.2 Å². The van der Waals surface area contributed by atoms with Crippen molar-refractivity contribution in [1.29, 1.82) is 0 Å². The SMILES string of the molecule is CC1(C)C(=O)N(Cc2cc(C#CCCO)cs2)S1(=O)=O. The molecule has 0 aliphatic carbocycles. The molecule has 1 saturated heterocycles. The summed E-state index contributed by atoms with van der Waals surface area (Å²) < 4.78 is 23.5. The lowest BCUT2D eigenvalue weighted by Crippen LogP contribution is -2.66. The summed E-state index contributed by atoms with van der Waals surface area (Å²) in [4.78, 5) is 12.6. The maximum absolute atomic E-state index is 12.0. The Hall–Kier alpha value is -1.36. The smallest absolute Gasteiger partial charge is 0.259 e. The van der Waals surface area contributed by atoms with Crippen LogP contribution in [0.15, 0.2) is 11.4 Å². The lowest BCUT2D eigenvalue weighted by molar-refractivity contribution is -0.132. The number of rotatable bonds is 3. The van der Waals surface area contributed by atoms with Gasteiger partial charge >= 0.3 is 0 Å². The molecule has 0 atom stereocenters. The molecule has 20 heavy (non-hydrogen) atoms. The highest BCUT2D eigenvalue weighted by atomic mass is 32.2. The number of nitrogens with zero attached hydrogens (tertiary/aromatic N) is 1. The minimum Gasteiger partial charge on any atom is -0.395 e. The molecule has 1 aliphatic heterocycles. The molecular formula is C13H15NO4S2. The first-order valence-corrected chi connectivity index (χ1v) is 8.36. The van der Waals surface area contributed by atoms with Crippen molar-refractivity contribution >= 4 is 27.3 Å². The Bertz CT molecular complexity index is 691. The predicted molar refractivity (Wildman–Crippen MR) is 76.4 cm³/mol. The van der Waals surface area contributed by atoms with Crippen LogP contribution >= 0.6 is 11.3 Å². The van der Waals surface area contributed by atoms with Gasteiger partial charge in [-0.3, -0.25) is 4.79 Å². The van der Waals surface area contributed by atoms with Crippen LogP contribution in [0.5, 0.6) is 0 Å². The van der Waals surface area contributed by atoms with E-state index in [1.54, 1.807) is 6.07 Å². The van der Waals surface area contributed by atoms with E-state index in [4.69, 9.17) is 5.11 Å². The van der Waals surface area contributed by atoms with Gasteiger partial charge in [0.1, 0.15) is 0 Å². The zero-order valence-corrected chi connectivity index (χ0v) is 12.8. The zero-order valence-electron chi connectivity index (χ0n) is 11.2. The first-order valence-electron chi connectivity index (χ1n) is 6.04. The van der Waals surface area contributed by atoms with Gasteiger partial charge in [-0.25, -0.2) is 12.7 Å². The van der Waals surface area contributed by atoms with Crippen LogP contribution in [0.25, 0.3) is 0 Å². The number of carbonyl (C=O) groups excluding carboxylic acids is 1. The zero-order chi connectivity index (χ0) is 15.0. The van der Waals surface area contributed by atoms with Crippen LogP contribution in [0.1, 0.15) is 30.7 Å². The van der Waals surface area contributed by atoms with E-state index in [1.165, 1.54) is 25.2 Å². The first-order chi connectivity index (χ1) is 9.30. The van der Waals surface area contributed by atoms with Crippen LogP contribution in [-0.2, 0) is 21.4 Å². The van der Waals surface area contributed by atoms with E-state index in [9.17, 15) is 13.2 Å². The molecule has 2 rings (SSSR count). The fourth-order valence-corrected chi connectivity index (χ4v) is 4.20. The highest BCUT2D eigenvalue weighted by Crippen LogP contribution is 2.36. The van der Waals surface area contributed by atoms with E-state index in [0.717, 1.165) is 14.7 Å². The first kappa shape index (κ1) is 15.0. The third kappa shape index (κ3) is 2.35. The topological polar surface area (TPSA) is 74.7 Å². The van der Waals surface area contributed by atoms with Crippen molar-refractivity contribution in [3.05, 3.63) is 21.9 Å². The van der Waals surface area contributed by atoms with Crippen molar-refractivity contribution < 1.29 is 18.3 Å². The molecule has 1 amide bonds. The molecule has 0 radical (unpaired) electrons. The molecule has 1 aromatic rings. The molecule has 0 unspecified atom stereocenters. The number of aliphatic hydroxyl groups is 1. The van der Waals surface area contributed by atoms with Crippen molar-refractivity contribution in [3.8, 4) is 11.8 Å². The van der Waals surface area contributed by atoms with Crippen LogP contribution in [0.3, 0.4) is 0 Å². The second-order valence-corrected chi connectivity index (χ2v) is 8.31. The summed E-state index contributed by atoms with van der Waals surface area (Å²) in [5.74, 6) is 5.29. The average molecular weight is 313 g/mol. The Labute approximate surface area is 122 Å². The number of hydrogen-bond acceptors (Lipinski definition) is 5. The van der Waals surface area contributed by atoms with Gasteiger partial charge in [-0.15, -0.1) is 11.3 Å². The van der Waals surface area contributed by atoms with Crippen molar-refractivity contribution in [1.82, 2.24) is 4.31 Å². The van der Waals surface area contributed by atoms with Crippen LogP contribution < -0.4 is 0 Å². The molecule has 0 aromatic carbocycles. The van der Waals surface area contributed by atoms with Gasteiger partial charge in [0, 0.05) is 22.2 Å².